The van der Waals surface area contributed by atoms with Crippen LogP contribution in [0.15, 0.2) is 0 Å². The van der Waals surface area contributed by atoms with E-state index >= 15 is 0 Å². The topological polar surface area (TPSA) is 29.3 Å². The van der Waals surface area contributed by atoms with E-state index in [0.29, 0.717) is 6.04 Å². The molecule has 76 valence electrons. The molecule has 2 atom stereocenters. The van der Waals surface area contributed by atoms with Crippen molar-refractivity contribution in [2.24, 2.45) is 5.73 Å². The zero-order valence-corrected chi connectivity index (χ0v) is 8.71. The largest absolute Gasteiger partial charge is 0.328 e. The minimum absolute atomic E-state index is 0.489. The molecule has 0 saturated heterocycles. The van der Waals surface area contributed by atoms with Crippen LogP contribution in [0.25, 0.3) is 0 Å². The van der Waals surface area contributed by atoms with Crippen molar-refractivity contribution in [2.75, 3.05) is 6.54 Å². The van der Waals surface area contributed by atoms with E-state index < -0.39 is 0 Å². The summed E-state index contributed by atoms with van der Waals surface area (Å²) in [5.74, 6) is 0. The van der Waals surface area contributed by atoms with Crippen LogP contribution in [0, 0.1) is 0 Å². The number of hydrogen-bond donors (Lipinski definition) is 1. The summed E-state index contributed by atoms with van der Waals surface area (Å²) >= 11 is 0. The van der Waals surface area contributed by atoms with E-state index in [2.05, 4.69) is 11.8 Å². The summed E-state index contributed by atoms with van der Waals surface area (Å²) in [4.78, 5) is 2.73. The zero-order valence-electron chi connectivity index (χ0n) is 8.71. The Labute approximate surface area is 81.5 Å². The van der Waals surface area contributed by atoms with Gasteiger partial charge in [-0.2, -0.15) is 0 Å². The molecule has 0 spiro atoms. The molecule has 0 heterocycles. The molecule has 0 amide bonds. The van der Waals surface area contributed by atoms with Gasteiger partial charge in [-0.25, -0.2) is 0 Å². The van der Waals surface area contributed by atoms with E-state index in [1.165, 1.54) is 45.1 Å². The van der Waals surface area contributed by atoms with Crippen molar-refractivity contribution in [3.05, 3.63) is 0 Å². The number of rotatable bonds is 4. The lowest BCUT2D eigenvalue weighted by Gasteiger charge is -2.28. The van der Waals surface area contributed by atoms with E-state index in [0.717, 1.165) is 12.1 Å². The first-order valence-corrected chi connectivity index (χ1v) is 5.82. The quantitative estimate of drug-likeness (QED) is 0.717. The van der Waals surface area contributed by atoms with Crippen LogP contribution >= 0.6 is 0 Å². The Balaban J connectivity index is 1.87. The molecule has 0 aromatic heterocycles. The van der Waals surface area contributed by atoms with Crippen LogP contribution in [0.4, 0.5) is 0 Å². The van der Waals surface area contributed by atoms with Gasteiger partial charge >= 0.3 is 0 Å². The van der Waals surface area contributed by atoms with Gasteiger partial charge in [0.1, 0.15) is 0 Å². The Morgan fingerprint density at radius 3 is 2.31 bits per heavy atom. The van der Waals surface area contributed by atoms with E-state index in [1.54, 1.807) is 0 Å². The smallest absolute Gasteiger partial charge is 0.0113 e. The van der Waals surface area contributed by atoms with Crippen LogP contribution in [0.3, 0.4) is 0 Å². The van der Waals surface area contributed by atoms with Crippen molar-refractivity contribution in [2.45, 2.75) is 63.6 Å². The lowest BCUT2D eigenvalue weighted by molar-refractivity contribution is 0.187. The van der Waals surface area contributed by atoms with Gasteiger partial charge in [0, 0.05) is 18.1 Å². The van der Waals surface area contributed by atoms with Gasteiger partial charge < -0.3 is 5.73 Å². The second-order valence-electron chi connectivity index (χ2n) is 4.70. The van der Waals surface area contributed by atoms with Crippen molar-refractivity contribution < 1.29 is 0 Å². The highest BCUT2D eigenvalue weighted by Crippen LogP contribution is 2.33. The van der Waals surface area contributed by atoms with Crippen LogP contribution in [0.1, 0.15) is 45.4 Å². The van der Waals surface area contributed by atoms with Gasteiger partial charge in [0.25, 0.3) is 0 Å². The molecular weight excluding hydrogens is 160 g/mol. The number of nitrogens with two attached hydrogens (primary N) is 1. The van der Waals surface area contributed by atoms with Gasteiger partial charge in [0.2, 0.25) is 0 Å². The Hall–Kier alpha value is -0.0800. The first-order chi connectivity index (χ1) is 6.31. The highest BCUT2D eigenvalue weighted by molar-refractivity contribution is 4.93. The fourth-order valence-electron chi connectivity index (χ4n) is 2.62. The molecule has 0 aliphatic heterocycles. The molecule has 2 unspecified atom stereocenters. The van der Waals surface area contributed by atoms with E-state index in [9.17, 15) is 0 Å². The van der Waals surface area contributed by atoms with Gasteiger partial charge in [-0.1, -0.05) is 6.92 Å². The fourth-order valence-corrected chi connectivity index (χ4v) is 2.62. The maximum atomic E-state index is 5.95. The molecule has 2 aliphatic carbocycles. The first kappa shape index (κ1) is 9.47. The molecular formula is C11H22N2. The van der Waals surface area contributed by atoms with Crippen LogP contribution in [-0.2, 0) is 0 Å². The highest BCUT2D eigenvalue weighted by atomic mass is 15.2. The molecule has 2 fully saturated rings. The Morgan fingerprint density at radius 1 is 1.15 bits per heavy atom. The van der Waals surface area contributed by atoms with Crippen molar-refractivity contribution in [1.82, 2.24) is 4.90 Å². The Kier molecular flexibility index (Phi) is 2.89. The summed E-state index contributed by atoms with van der Waals surface area (Å²) in [6.45, 7) is 3.58. The van der Waals surface area contributed by atoms with E-state index in [4.69, 9.17) is 5.73 Å². The maximum Gasteiger partial charge on any atom is 0.0113 e. The third-order valence-electron chi connectivity index (χ3n) is 3.41. The molecule has 2 nitrogen and oxygen atoms in total. The summed E-state index contributed by atoms with van der Waals surface area (Å²) in [5.41, 5.74) is 5.95. The predicted octanol–water partition coefficient (Wildman–Crippen LogP) is 1.74. The van der Waals surface area contributed by atoms with Crippen molar-refractivity contribution in [3.63, 3.8) is 0 Å². The van der Waals surface area contributed by atoms with Gasteiger partial charge in [-0.3, -0.25) is 4.90 Å². The summed E-state index contributed by atoms with van der Waals surface area (Å²) in [6, 6.07) is 2.24. The molecule has 2 rings (SSSR count). The molecule has 2 heteroatoms. The normalized spacial score (nSPS) is 34.4. The third-order valence-corrected chi connectivity index (χ3v) is 3.41. The van der Waals surface area contributed by atoms with Crippen molar-refractivity contribution >= 4 is 0 Å². The average molecular weight is 182 g/mol. The molecule has 0 radical (unpaired) electrons. The Morgan fingerprint density at radius 2 is 1.85 bits per heavy atom. The minimum Gasteiger partial charge on any atom is -0.328 e. The lowest BCUT2D eigenvalue weighted by atomic mass is 10.2. The SMILES string of the molecule is CCCN(C1CC1)C1CCC(N)C1. The molecule has 0 aromatic carbocycles. The number of hydrogen-bond acceptors (Lipinski definition) is 2. The predicted molar refractivity (Wildman–Crippen MR) is 55.6 cm³/mol. The molecule has 2 aliphatic rings. The van der Waals surface area contributed by atoms with Crippen LogP contribution in [0.5, 0.6) is 0 Å². The molecule has 0 bridgehead atoms. The van der Waals surface area contributed by atoms with Gasteiger partial charge in [0.05, 0.1) is 0 Å². The second kappa shape index (κ2) is 3.97. The number of nitrogens with zero attached hydrogens (tertiary/aromatic N) is 1. The molecule has 0 aromatic rings. The minimum atomic E-state index is 0.489. The first-order valence-electron chi connectivity index (χ1n) is 5.82. The zero-order chi connectivity index (χ0) is 9.26. The standard InChI is InChI=1S/C11H22N2/c1-2-7-13(10-5-6-10)11-4-3-9(12)8-11/h9-11H,2-8,12H2,1H3. The summed E-state index contributed by atoms with van der Waals surface area (Å²) < 4.78 is 0. The third kappa shape index (κ3) is 2.23. The monoisotopic (exact) mass is 182 g/mol. The van der Waals surface area contributed by atoms with E-state index in [1.807, 2.05) is 0 Å². The van der Waals surface area contributed by atoms with Crippen LogP contribution < -0.4 is 5.73 Å². The van der Waals surface area contributed by atoms with Crippen molar-refractivity contribution in [1.29, 1.82) is 0 Å². The molecule has 2 saturated carbocycles. The Bertz CT molecular complexity index is 165. The molecule has 13 heavy (non-hydrogen) atoms. The van der Waals surface area contributed by atoms with Crippen LogP contribution in [0.2, 0.25) is 0 Å². The highest BCUT2D eigenvalue weighted by Gasteiger charge is 2.36. The van der Waals surface area contributed by atoms with Gasteiger partial charge in [-0.05, 0) is 45.1 Å². The summed E-state index contributed by atoms with van der Waals surface area (Å²) in [6.07, 6.45) is 8.01. The lowest BCUT2D eigenvalue weighted by Crippen LogP contribution is -2.37. The van der Waals surface area contributed by atoms with E-state index in [-0.39, 0.29) is 0 Å². The fraction of sp³-hybridized carbons (Fsp3) is 1.00. The van der Waals surface area contributed by atoms with Gasteiger partial charge in [0.15, 0.2) is 0 Å². The molecule has 2 N–H and O–H groups in total. The van der Waals surface area contributed by atoms with Crippen molar-refractivity contribution in [3.8, 4) is 0 Å². The van der Waals surface area contributed by atoms with Gasteiger partial charge in [-0.15, -0.1) is 0 Å². The second-order valence-corrected chi connectivity index (χ2v) is 4.70. The van der Waals surface area contributed by atoms with Crippen LogP contribution in [-0.4, -0.2) is 29.6 Å². The summed E-state index contributed by atoms with van der Waals surface area (Å²) in [7, 11) is 0. The summed E-state index contributed by atoms with van der Waals surface area (Å²) in [5, 5.41) is 0. The maximum absolute atomic E-state index is 5.95. The average Bonchev–Trinajstić information content (AvgIpc) is 2.85.